The van der Waals surface area contributed by atoms with Crippen molar-refractivity contribution in [2.24, 2.45) is 11.8 Å². The van der Waals surface area contributed by atoms with Crippen molar-refractivity contribution in [3.63, 3.8) is 0 Å². The molecular weight excluding hydrogens is 182 g/mol. The maximum absolute atomic E-state index is 2.40. The monoisotopic (exact) mass is 213 g/mol. The number of hydrogen-bond donors (Lipinski definition) is 0. The van der Waals surface area contributed by atoms with E-state index in [2.05, 4.69) is 25.9 Å². The normalized spacial score (nSPS) is 25.2. The van der Waals surface area contributed by atoms with Gasteiger partial charge >= 0.3 is 0 Å². The van der Waals surface area contributed by atoms with Crippen molar-refractivity contribution in [3.8, 4) is 0 Å². The molecule has 1 heteroatoms. The van der Waals surface area contributed by atoms with Crippen LogP contribution >= 0.6 is 0 Å². The SMILES string of the molecule is CC.CC1CCC(CCCCN(C)C)C1. The summed E-state index contributed by atoms with van der Waals surface area (Å²) in [6.07, 6.45) is 8.80. The highest BCUT2D eigenvalue weighted by Crippen LogP contribution is 2.33. The zero-order valence-electron chi connectivity index (χ0n) is 11.6. The highest BCUT2D eigenvalue weighted by molar-refractivity contribution is 4.72. The fourth-order valence-electron chi connectivity index (χ4n) is 2.45. The van der Waals surface area contributed by atoms with Gasteiger partial charge in [-0.2, -0.15) is 0 Å². The second-order valence-electron chi connectivity index (χ2n) is 5.08. The largest absolute Gasteiger partial charge is 0.309 e. The first-order valence-corrected chi connectivity index (χ1v) is 6.83. The lowest BCUT2D eigenvalue weighted by Gasteiger charge is -2.11. The molecule has 1 aliphatic carbocycles. The lowest BCUT2D eigenvalue weighted by atomic mass is 9.99. The van der Waals surface area contributed by atoms with E-state index < -0.39 is 0 Å². The number of unbranched alkanes of at least 4 members (excludes halogenated alkanes) is 1. The average molecular weight is 213 g/mol. The topological polar surface area (TPSA) is 3.24 Å². The Bertz CT molecular complexity index is 131. The molecule has 1 fully saturated rings. The van der Waals surface area contributed by atoms with Crippen LogP contribution in [0.1, 0.15) is 59.3 Å². The maximum Gasteiger partial charge on any atom is -0.00248 e. The van der Waals surface area contributed by atoms with Crippen LogP contribution < -0.4 is 0 Å². The highest BCUT2D eigenvalue weighted by atomic mass is 15.0. The van der Waals surface area contributed by atoms with Crippen molar-refractivity contribution in [2.45, 2.75) is 59.3 Å². The second kappa shape index (κ2) is 9.21. The van der Waals surface area contributed by atoms with Crippen LogP contribution in [0.15, 0.2) is 0 Å². The first-order valence-electron chi connectivity index (χ1n) is 6.83. The van der Waals surface area contributed by atoms with Gasteiger partial charge in [-0.05, 0) is 45.3 Å². The summed E-state index contributed by atoms with van der Waals surface area (Å²) in [6, 6.07) is 0. The van der Waals surface area contributed by atoms with Gasteiger partial charge in [0, 0.05) is 0 Å². The Balaban J connectivity index is 0.000000921. The minimum atomic E-state index is 1.01. The number of hydrogen-bond acceptors (Lipinski definition) is 1. The minimum absolute atomic E-state index is 1.01. The van der Waals surface area contributed by atoms with Gasteiger partial charge in [-0.1, -0.05) is 46.5 Å². The fourth-order valence-corrected chi connectivity index (χ4v) is 2.45. The molecule has 1 aliphatic rings. The molecule has 0 aromatic rings. The van der Waals surface area contributed by atoms with Crippen LogP contribution in [0.2, 0.25) is 0 Å². The summed E-state index contributed by atoms with van der Waals surface area (Å²) < 4.78 is 0. The summed E-state index contributed by atoms with van der Waals surface area (Å²) in [5.74, 6) is 2.08. The van der Waals surface area contributed by atoms with Gasteiger partial charge in [-0.15, -0.1) is 0 Å². The summed E-state index contributed by atoms with van der Waals surface area (Å²) in [5.41, 5.74) is 0. The Morgan fingerprint density at radius 3 is 2.20 bits per heavy atom. The van der Waals surface area contributed by atoms with Gasteiger partial charge < -0.3 is 4.90 Å². The zero-order valence-corrected chi connectivity index (χ0v) is 11.6. The molecule has 2 atom stereocenters. The summed E-state index contributed by atoms with van der Waals surface area (Å²) in [6.45, 7) is 7.67. The fraction of sp³-hybridized carbons (Fsp3) is 1.00. The Hall–Kier alpha value is -0.0400. The van der Waals surface area contributed by atoms with Gasteiger partial charge in [0.15, 0.2) is 0 Å². The molecule has 0 bridgehead atoms. The Morgan fingerprint density at radius 1 is 1.07 bits per heavy atom. The summed E-state index contributed by atoms with van der Waals surface area (Å²) in [4.78, 5) is 2.29. The van der Waals surface area contributed by atoms with Crippen LogP contribution in [0.25, 0.3) is 0 Å². The number of nitrogens with zero attached hydrogens (tertiary/aromatic N) is 1. The van der Waals surface area contributed by atoms with Gasteiger partial charge in [0.2, 0.25) is 0 Å². The van der Waals surface area contributed by atoms with E-state index in [1.165, 1.54) is 45.1 Å². The number of rotatable bonds is 5. The van der Waals surface area contributed by atoms with E-state index in [1.54, 1.807) is 0 Å². The highest BCUT2D eigenvalue weighted by Gasteiger charge is 2.20. The molecule has 1 nitrogen and oxygen atoms in total. The molecule has 0 aromatic carbocycles. The molecule has 2 unspecified atom stereocenters. The van der Waals surface area contributed by atoms with Gasteiger partial charge in [0.25, 0.3) is 0 Å². The van der Waals surface area contributed by atoms with Crippen LogP contribution in [-0.2, 0) is 0 Å². The van der Waals surface area contributed by atoms with E-state index in [0.717, 1.165) is 11.8 Å². The molecule has 0 radical (unpaired) electrons. The van der Waals surface area contributed by atoms with E-state index in [-0.39, 0.29) is 0 Å². The molecule has 15 heavy (non-hydrogen) atoms. The molecule has 0 saturated heterocycles. The summed E-state index contributed by atoms with van der Waals surface area (Å²) in [7, 11) is 4.33. The molecule has 92 valence electrons. The Labute approximate surface area is 97.2 Å². The van der Waals surface area contributed by atoms with Crippen molar-refractivity contribution in [2.75, 3.05) is 20.6 Å². The van der Waals surface area contributed by atoms with Crippen LogP contribution in [0, 0.1) is 11.8 Å². The third kappa shape index (κ3) is 7.84. The van der Waals surface area contributed by atoms with Crippen molar-refractivity contribution in [1.29, 1.82) is 0 Å². The molecule has 1 saturated carbocycles. The third-order valence-corrected chi connectivity index (χ3v) is 3.27. The molecule has 0 aliphatic heterocycles. The first kappa shape index (κ1) is 15.0. The maximum atomic E-state index is 2.40. The molecule has 0 N–H and O–H groups in total. The van der Waals surface area contributed by atoms with E-state index in [4.69, 9.17) is 0 Å². The predicted octanol–water partition coefficient (Wildman–Crippen LogP) is 4.18. The molecule has 0 heterocycles. The van der Waals surface area contributed by atoms with Gasteiger partial charge in [0.05, 0.1) is 0 Å². The Morgan fingerprint density at radius 2 is 1.73 bits per heavy atom. The third-order valence-electron chi connectivity index (χ3n) is 3.27. The first-order chi connectivity index (χ1) is 7.18. The molecule has 0 spiro atoms. The van der Waals surface area contributed by atoms with Crippen molar-refractivity contribution >= 4 is 0 Å². The molecule has 1 rings (SSSR count). The van der Waals surface area contributed by atoms with Gasteiger partial charge in [-0.25, -0.2) is 0 Å². The smallest absolute Gasteiger partial charge is 0.00248 e. The predicted molar refractivity (Wildman–Crippen MR) is 70.3 cm³/mol. The van der Waals surface area contributed by atoms with Crippen molar-refractivity contribution < 1.29 is 0 Å². The van der Waals surface area contributed by atoms with Crippen LogP contribution in [0.5, 0.6) is 0 Å². The van der Waals surface area contributed by atoms with Gasteiger partial charge in [-0.3, -0.25) is 0 Å². The zero-order chi connectivity index (χ0) is 11.7. The summed E-state index contributed by atoms with van der Waals surface area (Å²) >= 11 is 0. The lowest BCUT2D eigenvalue weighted by molar-refractivity contribution is 0.374. The average Bonchev–Trinajstić information content (AvgIpc) is 2.62. The standard InChI is InChI=1S/C12H25N.C2H6/c1-11-7-8-12(10-11)6-4-5-9-13(2)3;1-2/h11-12H,4-10H2,1-3H3;1-2H3. The van der Waals surface area contributed by atoms with E-state index in [1.807, 2.05) is 13.8 Å². The summed E-state index contributed by atoms with van der Waals surface area (Å²) in [5, 5.41) is 0. The molecule has 0 aromatic heterocycles. The van der Waals surface area contributed by atoms with Gasteiger partial charge in [0.1, 0.15) is 0 Å². The quantitative estimate of drug-likeness (QED) is 0.619. The minimum Gasteiger partial charge on any atom is -0.309 e. The Kier molecular flexibility index (Phi) is 9.18. The van der Waals surface area contributed by atoms with Crippen LogP contribution in [0.3, 0.4) is 0 Å². The van der Waals surface area contributed by atoms with E-state index >= 15 is 0 Å². The van der Waals surface area contributed by atoms with Crippen molar-refractivity contribution in [3.05, 3.63) is 0 Å². The van der Waals surface area contributed by atoms with Crippen molar-refractivity contribution in [1.82, 2.24) is 4.90 Å². The van der Waals surface area contributed by atoms with E-state index in [0.29, 0.717) is 0 Å². The van der Waals surface area contributed by atoms with Crippen LogP contribution in [0.4, 0.5) is 0 Å². The molecular formula is C14H31N. The second-order valence-corrected chi connectivity index (χ2v) is 5.08. The van der Waals surface area contributed by atoms with E-state index in [9.17, 15) is 0 Å². The molecule has 0 amide bonds. The van der Waals surface area contributed by atoms with Crippen LogP contribution in [-0.4, -0.2) is 25.5 Å². The lowest BCUT2D eigenvalue weighted by Crippen LogP contribution is -2.13.